The van der Waals surface area contributed by atoms with Gasteiger partial charge in [-0.2, -0.15) is 0 Å². The highest BCUT2D eigenvalue weighted by molar-refractivity contribution is 7.22. The summed E-state index contributed by atoms with van der Waals surface area (Å²) in [5.41, 5.74) is 3.56. The molecule has 0 saturated heterocycles. The van der Waals surface area contributed by atoms with Gasteiger partial charge in [-0.05, 0) is 30.7 Å². The van der Waals surface area contributed by atoms with E-state index in [0.29, 0.717) is 6.42 Å². The highest BCUT2D eigenvalue weighted by Gasteiger charge is 2.27. The number of aromatic nitrogens is 1. The van der Waals surface area contributed by atoms with Crippen molar-refractivity contribution in [3.8, 4) is 10.6 Å². The Bertz CT molecular complexity index is 895. The molecule has 0 unspecified atom stereocenters. The molecule has 0 bridgehead atoms. The van der Waals surface area contributed by atoms with Crippen LogP contribution in [0.15, 0.2) is 24.3 Å². The van der Waals surface area contributed by atoms with Crippen LogP contribution in [0.1, 0.15) is 30.7 Å². The largest absolute Gasteiger partial charge is 0.317 e. The van der Waals surface area contributed by atoms with E-state index in [4.69, 9.17) is 4.98 Å². The number of nitrogens with zero attached hydrogens (tertiary/aromatic N) is 2. The summed E-state index contributed by atoms with van der Waals surface area (Å²) in [5, 5.41) is 5.11. The lowest BCUT2D eigenvalue weighted by Crippen LogP contribution is -2.29. The van der Waals surface area contributed by atoms with E-state index in [0.717, 1.165) is 47.1 Å². The summed E-state index contributed by atoms with van der Waals surface area (Å²) in [6, 6.07) is 8.23. The van der Waals surface area contributed by atoms with Gasteiger partial charge in [-0.1, -0.05) is 26.0 Å². The predicted molar refractivity (Wildman–Crippen MR) is 107 cm³/mol. The summed E-state index contributed by atoms with van der Waals surface area (Å²) in [5.74, 6) is 0.0632. The minimum Gasteiger partial charge on any atom is -0.317 e. The third kappa shape index (κ3) is 3.10. The van der Waals surface area contributed by atoms with Gasteiger partial charge in [0.2, 0.25) is 5.91 Å². The second-order valence-electron chi connectivity index (χ2n) is 6.22. The van der Waals surface area contributed by atoms with Crippen LogP contribution in [0.3, 0.4) is 0 Å². The summed E-state index contributed by atoms with van der Waals surface area (Å²) in [7, 11) is 0. The Balaban J connectivity index is 1.84. The minimum atomic E-state index is 0.0632. The maximum atomic E-state index is 12.0. The van der Waals surface area contributed by atoms with Gasteiger partial charge in [0.15, 0.2) is 0 Å². The lowest BCUT2D eigenvalue weighted by atomic mass is 10.0. The number of carbonyl (C=O) groups is 1. The Labute approximate surface area is 155 Å². The third-order valence-corrected chi connectivity index (χ3v) is 6.85. The molecule has 3 aromatic rings. The number of hydrogen-bond donors (Lipinski definition) is 1. The molecular formula is C19H21N3OS2. The monoisotopic (exact) mass is 371 g/mol. The molecule has 0 spiro atoms. The molecule has 1 aliphatic rings. The fourth-order valence-corrected chi connectivity index (χ4v) is 5.65. The van der Waals surface area contributed by atoms with E-state index in [9.17, 15) is 4.79 Å². The molecular weight excluding hydrogens is 350 g/mol. The molecule has 0 atom stereocenters. The molecule has 6 heteroatoms. The van der Waals surface area contributed by atoms with E-state index in [1.54, 1.807) is 22.7 Å². The molecule has 1 aliphatic heterocycles. The third-order valence-electron chi connectivity index (χ3n) is 4.66. The quantitative estimate of drug-likeness (QED) is 0.720. The van der Waals surface area contributed by atoms with Crippen LogP contribution >= 0.6 is 22.7 Å². The van der Waals surface area contributed by atoms with Gasteiger partial charge < -0.3 is 5.32 Å². The fourth-order valence-electron chi connectivity index (χ4n) is 3.23. The smallest absolute Gasteiger partial charge is 0.224 e. The predicted octanol–water partition coefficient (Wildman–Crippen LogP) is 4.75. The molecule has 25 heavy (non-hydrogen) atoms. The second-order valence-corrected chi connectivity index (χ2v) is 8.35. The summed E-state index contributed by atoms with van der Waals surface area (Å²) in [6.45, 7) is 7.19. The van der Waals surface area contributed by atoms with Crippen LogP contribution in [0.25, 0.3) is 20.8 Å². The highest BCUT2D eigenvalue weighted by atomic mass is 32.1. The Morgan fingerprint density at radius 1 is 1.28 bits per heavy atom. The number of nitrogens with one attached hydrogen (secondary N) is 1. The molecule has 4 nitrogen and oxygen atoms in total. The first-order valence-corrected chi connectivity index (χ1v) is 10.4. The Morgan fingerprint density at radius 3 is 2.88 bits per heavy atom. The van der Waals surface area contributed by atoms with E-state index in [2.05, 4.69) is 29.3 Å². The van der Waals surface area contributed by atoms with Gasteiger partial charge in [0.25, 0.3) is 0 Å². The van der Waals surface area contributed by atoms with E-state index < -0.39 is 0 Å². The number of likely N-dealkylation sites (N-methyl/N-ethyl adjacent to an activating group) is 1. The van der Waals surface area contributed by atoms with Gasteiger partial charge >= 0.3 is 0 Å². The number of amides is 1. The number of anilines is 1. The van der Waals surface area contributed by atoms with Crippen LogP contribution in [0.4, 0.5) is 5.00 Å². The molecule has 130 valence electrons. The first-order chi connectivity index (χ1) is 12.2. The van der Waals surface area contributed by atoms with Crippen molar-refractivity contribution < 1.29 is 4.79 Å². The molecule has 0 saturated carbocycles. The van der Waals surface area contributed by atoms with Crippen molar-refractivity contribution in [2.45, 2.75) is 33.2 Å². The van der Waals surface area contributed by atoms with E-state index >= 15 is 0 Å². The number of carbonyl (C=O) groups excluding carboxylic acids is 1. The topological polar surface area (TPSA) is 45.2 Å². The molecule has 1 aromatic carbocycles. The second kappa shape index (κ2) is 6.86. The average Bonchev–Trinajstić information content (AvgIpc) is 3.20. The van der Waals surface area contributed by atoms with E-state index in [1.807, 2.05) is 19.1 Å². The highest BCUT2D eigenvalue weighted by Crippen LogP contribution is 2.45. The van der Waals surface area contributed by atoms with Crippen molar-refractivity contribution >= 4 is 43.8 Å². The number of benzene rings is 1. The van der Waals surface area contributed by atoms with Crippen LogP contribution in [0.5, 0.6) is 0 Å². The van der Waals surface area contributed by atoms with Crippen LogP contribution in [0.2, 0.25) is 0 Å². The van der Waals surface area contributed by atoms with Gasteiger partial charge in [-0.3, -0.25) is 9.69 Å². The van der Waals surface area contributed by atoms with Gasteiger partial charge in [-0.25, -0.2) is 4.98 Å². The normalized spacial score (nSPS) is 14.6. The summed E-state index contributed by atoms with van der Waals surface area (Å²) < 4.78 is 1.19. The maximum Gasteiger partial charge on any atom is 0.224 e. The fraction of sp³-hybridized carbons (Fsp3) is 0.368. The number of hydrogen-bond acceptors (Lipinski definition) is 5. The number of fused-ring (bicyclic) bond motifs is 2. The number of para-hydroxylation sites is 1. The molecule has 0 fully saturated rings. The molecule has 0 aliphatic carbocycles. The summed E-state index contributed by atoms with van der Waals surface area (Å²) in [4.78, 5) is 20.7. The standard InChI is InChI=1S/C19H21N3OS2/c1-3-16(23)21-19-17(12-9-10-22(4-2)11-15(12)25-19)18-20-13-7-5-6-8-14(13)24-18/h5-8H,3-4,9-11H2,1-2H3,(H,21,23). The first kappa shape index (κ1) is 16.7. The van der Waals surface area contributed by atoms with Crippen LogP contribution in [-0.4, -0.2) is 28.9 Å². The molecule has 1 N–H and O–H groups in total. The lowest BCUT2D eigenvalue weighted by Gasteiger charge is -2.25. The molecule has 4 rings (SSSR count). The summed E-state index contributed by atoms with van der Waals surface area (Å²) >= 11 is 3.44. The molecule has 1 amide bonds. The molecule has 3 heterocycles. The van der Waals surface area contributed by atoms with Crippen molar-refractivity contribution in [2.75, 3.05) is 18.4 Å². The molecule has 2 aromatic heterocycles. The summed E-state index contributed by atoms with van der Waals surface area (Å²) in [6.07, 6.45) is 1.51. The van der Waals surface area contributed by atoms with Crippen molar-refractivity contribution in [1.29, 1.82) is 0 Å². The van der Waals surface area contributed by atoms with Gasteiger partial charge in [0, 0.05) is 30.0 Å². The zero-order valence-corrected chi connectivity index (χ0v) is 16.1. The lowest BCUT2D eigenvalue weighted by molar-refractivity contribution is -0.115. The van der Waals surface area contributed by atoms with Crippen molar-refractivity contribution in [2.24, 2.45) is 0 Å². The number of thiophene rings is 1. The maximum absolute atomic E-state index is 12.0. The van der Waals surface area contributed by atoms with Crippen LogP contribution < -0.4 is 5.32 Å². The minimum absolute atomic E-state index is 0.0632. The van der Waals surface area contributed by atoms with E-state index in [1.165, 1.54) is 15.1 Å². The van der Waals surface area contributed by atoms with Gasteiger partial charge in [0.1, 0.15) is 10.0 Å². The zero-order valence-electron chi connectivity index (χ0n) is 14.5. The van der Waals surface area contributed by atoms with Crippen LogP contribution in [-0.2, 0) is 17.8 Å². The van der Waals surface area contributed by atoms with E-state index in [-0.39, 0.29) is 5.91 Å². The Kier molecular flexibility index (Phi) is 4.58. The molecule has 0 radical (unpaired) electrons. The van der Waals surface area contributed by atoms with Gasteiger partial charge in [0.05, 0.1) is 10.2 Å². The van der Waals surface area contributed by atoms with Crippen molar-refractivity contribution in [1.82, 2.24) is 9.88 Å². The zero-order chi connectivity index (χ0) is 17.4. The van der Waals surface area contributed by atoms with Crippen molar-refractivity contribution in [3.05, 3.63) is 34.7 Å². The average molecular weight is 372 g/mol. The van der Waals surface area contributed by atoms with Crippen molar-refractivity contribution in [3.63, 3.8) is 0 Å². The van der Waals surface area contributed by atoms with Crippen LogP contribution in [0, 0.1) is 0 Å². The first-order valence-electron chi connectivity index (χ1n) is 8.72. The number of thiazole rings is 1. The Morgan fingerprint density at radius 2 is 2.12 bits per heavy atom. The Hall–Kier alpha value is -1.76. The van der Waals surface area contributed by atoms with Gasteiger partial charge in [-0.15, -0.1) is 22.7 Å². The SMILES string of the molecule is CCC(=O)Nc1sc2c(c1-c1nc3ccccc3s1)CCN(CC)C2. The number of rotatable bonds is 4.